The number of nitrogens with two attached hydrogens (primary N) is 5. The van der Waals surface area contributed by atoms with E-state index in [1.165, 1.54) is 23.4 Å². The number of rotatable bonds is 18. The van der Waals surface area contributed by atoms with Gasteiger partial charge in [-0.3, -0.25) is 33.8 Å². The molecule has 19 heteroatoms. The summed E-state index contributed by atoms with van der Waals surface area (Å²) in [4.78, 5) is 77.9. The van der Waals surface area contributed by atoms with Crippen molar-refractivity contribution in [3.05, 3.63) is 84.1 Å². The van der Waals surface area contributed by atoms with Gasteiger partial charge in [0.1, 0.15) is 12.1 Å². The number of hydrogen-bond donors (Lipinski definition) is 10. The number of amides is 6. The van der Waals surface area contributed by atoms with Crippen LogP contribution in [0, 0.1) is 6.92 Å². The number of fused-ring (bicyclic) bond motifs is 2. The second-order valence-electron chi connectivity index (χ2n) is 12.6. The monoisotopic (exact) mass is 853 g/mol. The summed E-state index contributed by atoms with van der Waals surface area (Å²) in [5.41, 5.74) is 29.8. The number of aryl methyl sites for hydroxylation is 1. The molecular weight excluding hydrogens is 795 g/mol. The highest BCUT2D eigenvalue weighted by molar-refractivity contribution is 8.76. The average molecular weight is 854 g/mol. The number of para-hydroxylation sites is 1. The molecule has 15 N–H and O–H groups in total. The molecule has 2 unspecified atom stereocenters. The fraction of sp³-hybridized carbons (Fsp3) is 0.375. The lowest BCUT2D eigenvalue weighted by Gasteiger charge is -2.18. The van der Waals surface area contributed by atoms with Gasteiger partial charge in [0, 0.05) is 42.1 Å². The van der Waals surface area contributed by atoms with Crippen molar-refractivity contribution >= 4 is 84.7 Å². The van der Waals surface area contributed by atoms with E-state index in [0.29, 0.717) is 0 Å². The Hall–Kier alpha value is -5.79. The lowest BCUT2D eigenvalue weighted by molar-refractivity contribution is -0.128. The van der Waals surface area contributed by atoms with E-state index in [2.05, 4.69) is 56.4 Å². The highest BCUT2D eigenvalue weighted by Gasteiger charge is 2.23. The Kier molecular flexibility index (Phi) is 24.8. The van der Waals surface area contributed by atoms with Gasteiger partial charge in [-0.15, -0.1) is 0 Å². The SMILES string of the molecule is CC.CC(=O)N[C@H](CSSCC(NC(=O)CNC(=O)C(N)Cc1ccc2ccccc2c1)C(N)=O)C(=O)NCC(N)=O.CCCN=C(N)N.Cc1c[nH]c2ccccc12. The van der Waals surface area contributed by atoms with Crippen molar-refractivity contribution in [2.75, 3.05) is 31.1 Å². The minimum atomic E-state index is -1.06. The molecule has 59 heavy (non-hydrogen) atoms. The molecule has 4 rings (SSSR count). The summed E-state index contributed by atoms with van der Waals surface area (Å²) >= 11 is 0. The highest BCUT2D eigenvalue weighted by Crippen LogP contribution is 2.23. The van der Waals surface area contributed by atoms with Crippen LogP contribution in [0.25, 0.3) is 21.7 Å². The number of aromatic nitrogens is 1. The maximum atomic E-state index is 12.4. The molecule has 0 saturated carbocycles. The van der Waals surface area contributed by atoms with Crippen molar-refractivity contribution in [1.82, 2.24) is 26.3 Å². The molecule has 0 aliphatic carbocycles. The van der Waals surface area contributed by atoms with Gasteiger partial charge in [0.25, 0.3) is 0 Å². The van der Waals surface area contributed by atoms with Crippen LogP contribution in [0.5, 0.6) is 0 Å². The van der Waals surface area contributed by atoms with Crippen LogP contribution in [0.2, 0.25) is 0 Å². The maximum absolute atomic E-state index is 12.4. The predicted octanol–water partition coefficient (Wildman–Crippen LogP) is 1.46. The fourth-order valence-electron chi connectivity index (χ4n) is 4.87. The molecule has 17 nitrogen and oxygen atoms in total. The Labute approximate surface area is 353 Å². The van der Waals surface area contributed by atoms with Gasteiger partial charge in [-0.2, -0.15) is 0 Å². The third-order valence-electron chi connectivity index (χ3n) is 7.71. The summed E-state index contributed by atoms with van der Waals surface area (Å²) in [6, 6.07) is 19.0. The van der Waals surface area contributed by atoms with E-state index >= 15 is 0 Å². The van der Waals surface area contributed by atoms with Crippen LogP contribution in [0.15, 0.2) is 77.9 Å². The normalized spacial score (nSPS) is 11.6. The van der Waals surface area contributed by atoms with Crippen molar-refractivity contribution in [2.45, 2.75) is 65.6 Å². The first-order chi connectivity index (χ1) is 28.1. The third kappa shape index (κ3) is 21.0. The van der Waals surface area contributed by atoms with Crippen molar-refractivity contribution in [3.8, 4) is 0 Å². The summed E-state index contributed by atoms with van der Waals surface area (Å²) in [5.74, 6) is -3.41. The number of nitrogens with one attached hydrogen (secondary N) is 5. The number of H-pyrrole nitrogens is 1. The molecule has 1 heterocycles. The lowest BCUT2D eigenvalue weighted by atomic mass is 10.0. The smallest absolute Gasteiger partial charge is 0.243 e. The lowest BCUT2D eigenvalue weighted by Crippen LogP contribution is -2.51. The summed E-state index contributed by atoms with van der Waals surface area (Å²) < 4.78 is 0. The highest BCUT2D eigenvalue weighted by atomic mass is 33.1. The Morgan fingerprint density at radius 2 is 1.39 bits per heavy atom. The van der Waals surface area contributed by atoms with E-state index in [4.69, 9.17) is 28.7 Å². The van der Waals surface area contributed by atoms with Crippen molar-refractivity contribution in [2.24, 2.45) is 33.7 Å². The van der Waals surface area contributed by atoms with E-state index in [1.54, 1.807) is 0 Å². The molecule has 6 amide bonds. The van der Waals surface area contributed by atoms with Gasteiger partial charge in [-0.1, -0.05) is 103 Å². The molecule has 4 aromatic rings. The number of primary amides is 2. The summed E-state index contributed by atoms with van der Waals surface area (Å²) in [7, 11) is 2.27. The van der Waals surface area contributed by atoms with Crippen LogP contribution in [-0.4, -0.2) is 95.7 Å². The van der Waals surface area contributed by atoms with Crippen molar-refractivity contribution in [1.29, 1.82) is 0 Å². The summed E-state index contributed by atoms with van der Waals surface area (Å²) in [6.45, 7) is 9.32. The molecule has 322 valence electrons. The molecule has 0 saturated heterocycles. The number of carbonyl (C=O) groups excluding carboxylic acids is 6. The third-order valence-corrected chi connectivity index (χ3v) is 10.1. The predicted molar refractivity (Wildman–Crippen MR) is 240 cm³/mol. The maximum Gasteiger partial charge on any atom is 0.243 e. The molecule has 3 atom stereocenters. The second kappa shape index (κ2) is 28.6. The van der Waals surface area contributed by atoms with E-state index in [0.717, 1.165) is 50.9 Å². The van der Waals surface area contributed by atoms with Crippen molar-refractivity contribution < 1.29 is 28.8 Å². The van der Waals surface area contributed by atoms with Gasteiger partial charge in [-0.05, 0) is 47.7 Å². The Morgan fingerprint density at radius 3 is 1.97 bits per heavy atom. The average Bonchev–Trinajstić information content (AvgIpc) is 3.59. The van der Waals surface area contributed by atoms with Crippen LogP contribution in [0.4, 0.5) is 0 Å². The Balaban J connectivity index is 0.000000742. The Morgan fingerprint density at radius 1 is 0.780 bits per heavy atom. The zero-order valence-electron chi connectivity index (χ0n) is 34.2. The van der Waals surface area contributed by atoms with Crippen LogP contribution < -0.4 is 49.9 Å². The molecule has 0 fully saturated rings. The van der Waals surface area contributed by atoms with Crippen molar-refractivity contribution in [3.63, 3.8) is 0 Å². The Bertz CT molecular complexity index is 1990. The molecular formula is C40H59N11O6S2. The number of benzene rings is 3. The van der Waals surface area contributed by atoms with E-state index in [-0.39, 0.29) is 30.4 Å². The summed E-state index contributed by atoms with van der Waals surface area (Å²) in [6.07, 6.45) is 3.30. The topological polar surface area (TPSA) is 309 Å². The zero-order chi connectivity index (χ0) is 44.3. The number of carbonyl (C=O) groups is 6. The molecule has 0 radical (unpaired) electrons. The minimum absolute atomic E-state index is 0.0524. The number of nitrogens with zero attached hydrogens (tertiary/aromatic N) is 1. The molecule has 1 aromatic heterocycles. The van der Waals surface area contributed by atoms with Gasteiger partial charge in [-0.25, -0.2) is 0 Å². The first kappa shape index (κ1) is 51.2. The van der Waals surface area contributed by atoms with Crippen LogP contribution in [-0.2, 0) is 35.2 Å². The standard InChI is InChI=1S/C25H33N7O6S2.C9H9N.C4H11N3.C2H6/c1-14(33)31-20(25(38)29-10-21(27)34)13-40-39-12-19(23(28)36)32-22(35)11-30-24(37)18(26)9-15-6-7-16-4-2-3-5-17(16)8-15;1-7-6-10-9-5-3-2-4-8(7)9;1-2-3-7-4(5)6;1-2/h2-8,18-20H,9-13,26H2,1H3,(H2,27,34)(H2,28,36)(H,29,38)(H,30,37)(H,31,33)(H,32,35);2-6,10H,1H3;2-3H2,1H3,(H4,5,6,7);1-2H3/t18?,19?,20-;;;/m1.../s1. The van der Waals surface area contributed by atoms with E-state index in [9.17, 15) is 28.8 Å². The van der Waals surface area contributed by atoms with Crippen LogP contribution in [0.1, 0.15) is 45.2 Å². The minimum Gasteiger partial charge on any atom is -0.370 e. The van der Waals surface area contributed by atoms with Gasteiger partial charge < -0.3 is 54.9 Å². The van der Waals surface area contributed by atoms with Gasteiger partial charge in [0.15, 0.2) is 5.96 Å². The largest absolute Gasteiger partial charge is 0.370 e. The first-order valence-corrected chi connectivity index (χ1v) is 21.3. The fourth-order valence-corrected chi connectivity index (χ4v) is 7.21. The number of guanidine groups is 1. The van der Waals surface area contributed by atoms with Gasteiger partial charge in [0.05, 0.1) is 19.1 Å². The first-order valence-electron chi connectivity index (χ1n) is 18.9. The van der Waals surface area contributed by atoms with E-state index < -0.39 is 60.1 Å². The molecule has 0 aliphatic heterocycles. The van der Waals surface area contributed by atoms with Gasteiger partial charge >= 0.3 is 0 Å². The number of aliphatic imine (C=N–C) groups is 1. The summed E-state index contributed by atoms with van der Waals surface area (Å²) in [5, 5.41) is 13.1. The quantitative estimate of drug-likeness (QED) is 0.0296. The molecule has 0 bridgehead atoms. The second-order valence-corrected chi connectivity index (χ2v) is 15.1. The molecule has 0 aliphatic rings. The molecule has 3 aromatic carbocycles. The molecule has 0 spiro atoms. The number of hydrogen-bond acceptors (Lipinski definition) is 10. The number of aromatic amines is 1. The van der Waals surface area contributed by atoms with E-state index in [1.807, 2.05) is 75.5 Å². The van der Waals surface area contributed by atoms with Crippen LogP contribution in [0.3, 0.4) is 0 Å². The van der Waals surface area contributed by atoms with Gasteiger partial charge in [0.2, 0.25) is 35.4 Å². The zero-order valence-corrected chi connectivity index (χ0v) is 35.8. The van der Waals surface area contributed by atoms with Crippen LogP contribution >= 0.6 is 21.6 Å².